The summed E-state index contributed by atoms with van der Waals surface area (Å²) in [5, 5.41) is 3.78. The van der Waals surface area contributed by atoms with Crippen molar-refractivity contribution in [1.82, 2.24) is 10.2 Å². The first-order valence-electron chi connectivity index (χ1n) is 7.84. The lowest BCUT2D eigenvalue weighted by atomic mass is 9.87. The molecule has 3 rings (SSSR count). The Balaban J connectivity index is 1.82. The van der Waals surface area contributed by atoms with E-state index in [1.54, 1.807) is 12.1 Å². The second-order valence-corrected chi connectivity index (χ2v) is 8.16. The second kappa shape index (κ2) is 5.64. The molecule has 21 heavy (non-hydrogen) atoms. The van der Waals surface area contributed by atoms with Crippen molar-refractivity contribution in [2.45, 2.75) is 57.2 Å². The topological polar surface area (TPSA) is 15.3 Å². The molecule has 116 valence electrons. The predicted octanol–water partition coefficient (Wildman–Crippen LogP) is 4.08. The number of halogens is 2. The van der Waals surface area contributed by atoms with E-state index in [0.717, 1.165) is 23.1 Å². The molecule has 0 atom stereocenters. The van der Waals surface area contributed by atoms with E-state index in [1.807, 2.05) is 6.07 Å². The highest BCUT2D eigenvalue weighted by Crippen LogP contribution is 2.36. The lowest BCUT2D eigenvalue weighted by Gasteiger charge is -2.51. The van der Waals surface area contributed by atoms with Gasteiger partial charge in [0.1, 0.15) is 5.82 Å². The van der Waals surface area contributed by atoms with Crippen LogP contribution in [0.2, 0.25) is 0 Å². The lowest BCUT2D eigenvalue weighted by molar-refractivity contribution is 0.0209. The standard InChI is InChI=1S/C17H24BrFN2/c1-16(2)11-20-17(7-3-4-8-17)12-21(16)10-13-9-14(18)5-6-15(13)19/h5-6,9,20H,3-4,7-8,10-12H2,1-2H3. The number of nitrogens with one attached hydrogen (secondary N) is 1. The van der Waals surface area contributed by atoms with Crippen LogP contribution < -0.4 is 5.32 Å². The summed E-state index contributed by atoms with van der Waals surface area (Å²) in [6.07, 6.45) is 5.13. The summed E-state index contributed by atoms with van der Waals surface area (Å²) in [6.45, 7) is 7.17. The van der Waals surface area contributed by atoms with E-state index in [2.05, 4.69) is 40.0 Å². The van der Waals surface area contributed by atoms with Crippen molar-refractivity contribution in [3.05, 3.63) is 34.1 Å². The molecule has 1 aliphatic carbocycles. The number of hydrogen-bond donors (Lipinski definition) is 1. The van der Waals surface area contributed by atoms with Crippen LogP contribution in [0.15, 0.2) is 22.7 Å². The molecule has 1 heterocycles. The molecule has 2 fully saturated rings. The van der Waals surface area contributed by atoms with Crippen LogP contribution in [0, 0.1) is 5.82 Å². The highest BCUT2D eigenvalue weighted by Gasteiger charge is 2.44. The van der Waals surface area contributed by atoms with Crippen molar-refractivity contribution in [3.8, 4) is 0 Å². The third-order valence-corrected chi connectivity index (χ3v) is 5.67. The normalized spacial score (nSPS) is 24.6. The van der Waals surface area contributed by atoms with Gasteiger partial charge in [0.05, 0.1) is 0 Å². The van der Waals surface area contributed by atoms with Crippen molar-refractivity contribution < 1.29 is 4.39 Å². The largest absolute Gasteiger partial charge is 0.308 e. The molecule has 0 unspecified atom stereocenters. The zero-order valence-corrected chi connectivity index (χ0v) is 14.5. The summed E-state index contributed by atoms with van der Waals surface area (Å²) in [7, 11) is 0. The minimum atomic E-state index is -0.104. The molecule has 1 aromatic rings. The lowest BCUT2D eigenvalue weighted by Crippen LogP contribution is -2.66. The number of nitrogens with zero attached hydrogens (tertiary/aromatic N) is 1. The van der Waals surface area contributed by atoms with Gasteiger partial charge in [-0.2, -0.15) is 0 Å². The van der Waals surface area contributed by atoms with E-state index >= 15 is 0 Å². The van der Waals surface area contributed by atoms with E-state index in [4.69, 9.17) is 0 Å². The van der Waals surface area contributed by atoms with Gasteiger partial charge >= 0.3 is 0 Å². The van der Waals surface area contributed by atoms with E-state index in [0.29, 0.717) is 6.54 Å². The summed E-state index contributed by atoms with van der Waals surface area (Å²) in [5.74, 6) is -0.104. The summed E-state index contributed by atoms with van der Waals surface area (Å²) in [4.78, 5) is 2.46. The van der Waals surface area contributed by atoms with Gasteiger partial charge < -0.3 is 5.32 Å². The molecule has 4 heteroatoms. The Bertz CT molecular complexity index is 524. The molecule has 0 bridgehead atoms. The van der Waals surface area contributed by atoms with Crippen LogP contribution in [-0.4, -0.2) is 29.1 Å². The summed E-state index contributed by atoms with van der Waals surface area (Å²) in [5.41, 5.74) is 1.10. The third-order valence-electron chi connectivity index (χ3n) is 5.18. The monoisotopic (exact) mass is 354 g/mol. The Labute approximate surface area is 135 Å². The number of rotatable bonds is 2. The molecular weight excluding hydrogens is 331 g/mol. The van der Waals surface area contributed by atoms with Crippen LogP contribution in [-0.2, 0) is 6.54 Å². The molecular formula is C17H24BrFN2. The highest BCUT2D eigenvalue weighted by molar-refractivity contribution is 9.10. The Hall–Kier alpha value is -0.450. The SMILES string of the molecule is CC1(C)CNC2(CCCC2)CN1Cc1cc(Br)ccc1F. The number of piperazine rings is 1. The van der Waals surface area contributed by atoms with Gasteiger partial charge in [0.25, 0.3) is 0 Å². The Morgan fingerprint density at radius 3 is 2.71 bits per heavy atom. The van der Waals surface area contributed by atoms with Crippen LogP contribution in [0.25, 0.3) is 0 Å². The van der Waals surface area contributed by atoms with Crippen molar-refractivity contribution in [3.63, 3.8) is 0 Å². The van der Waals surface area contributed by atoms with Crippen molar-refractivity contribution in [2.24, 2.45) is 0 Å². The van der Waals surface area contributed by atoms with E-state index in [-0.39, 0.29) is 16.9 Å². The first-order chi connectivity index (χ1) is 9.90. The summed E-state index contributed by atoms with van der Waals surface area (Å²) >= 11 is 3.45. The van der Waals surface area contributed by atoms with Gasteiger partial charge in [0.15, 0.2) is 0 Å². The molecule has 2 aliphatic rings. The molecule has 1 N–H and O–H groups in total. The average Bonchev–Trinajstić information content (AvgIpc) is 2.88. The first-order valence-corrected chi connectivity index (χ1v) is 8.64. The molecule has 1 spiro atoms. The van der Waals surface area contributed by atoms with Crippen LogP contribution in [0.3, 0.4) is 0 Å². The number of hydrogen-bond acceptors (Lipinski definition) is 2. The molecule has 1 aliphatic heterocycles. The van der Waals surface area contributed by atoms with Gasteiger partial charge in [0, 0.05) is 40.7 Å². The fraction of sp³-hybridized carbons (Fsp3) is 0.647. The van der Waals surface area contributed by atoms with Gasteiger partial charge in [-0.3, -0.25) is 4.90 Å². The maximum Gasteiger partial charge on any atom is 0.127 e. The van der Waals surface area contributed by atoms with E-state index < -0.39 is 0 Å². The van der Waals surface area contributed by atoms with E-state index in [1.165, 1.54) is 25.7 Å². The molecule has 0 amide bonds. The van der Waals surface area contributed by atoms with Gasteiger partial charge in [-0.15, -0.1) is 0 Å². The average molecular weight is 355 g/mol. The highest BCUT2D eigenvalue weighted by atomic mass is 79.9. The Kier molecular flexibility index (Phi) is 4.15. The van der Waals surface area contributed by atoms with Crippen molar-refractivity contribution in [2.75, 3.05) is 13.1 Å². The van der Waals surface area contributed by atoms with Gasteiger partial charge in [-0.25, -0.2) is 4.39 Å². The molecule has 1 saturated heterocycles. The summed E-state index contributed by atoms with van der Waals surface area (Å²) in [6, 6.07) is 5.23. The zero-order chi connectivity index (χ0) is 15.1. The fourth-order valence-electron chi connectivity index (χ4n) is 3.68. The van der Waals surface area contributed by atoms with Gasteiger partial charge in [-0.1, -0.05) is 28.8 Å². The molecule has 2 nitrogen and oxygen atoms in total. The van der Waals surface area contributed by atoms with Crippen LogP contribution in [0.1, 0.15) is 45.1 Å². The second-order valence-electron chi connectivity index (χ2n) is 7.25. The van der Waals surface area contributed by atoms with Crippen molar-refractivity contribution >= 4 is 15.9 Å². The molecule has 1 aromatic carbocycles. The first kappa shape index (κ1) is 15.4. The van der Waals surface area contributed by atoms with Crippen LogP contribution in [0.4, 0.5) is 4.39 Å². The number of benzene rings is 1. The molecule has 0 radical (unpaired) electrons. The summed E-state index contributed by atoms with van der Waals surface area (Å²) < 4.78 is 15.0. The van der Waals surface area contributed by atoms with Crippen molar-refractivity contribution in [1.29, 1.82) is 0 Å². The van der Waals surface area contributed by atoms with Gasteiger partial charge in [-0.05, 0) is 44.9 Å². The minimum absolute atomic E-state index is 0.0581. The van der Waals surface area contributed by atoms with Gasteiger partial charge in [0.2, 0.25) is 0 Å². The minimum Gasteiger partial charge on any atom is -0.308 e. The fourth-order valence-corrected chi connectivity index (χ4v) is 4.09. The van der Waals surface area contributed by atoms with E-state index in [9.17, 15) is 4.39 Å². The maximum absolute atomic E-state index is 14.1. The Morgan fingerprint density at radius 1 is 1.29 bits per heavy atom. The predicted molar refractivity (Wildman–Crippen MR) is 87.8 cm³/mol. The van der Waals surface area contributed by atoms with Crippen LogP contribution in [0.5, 0.6) is 0 Å². The smallest absolute Gasteiger partial charge is 0.127 e. The zero-order valence-electron chi connectivity index (χ0n) is 12.9. The Morgan fingerprint density at radius 2 is 2.00 bits per heavy atom. The quantitative estimate of drug-likeness (QED) is 0.860. The third kappa shape index (κ3) is 3.17. The maximum atomic E-state index is 14.1. The van der Waals surface area contributed by atoms with Crippen LogP contribution >= 0.6 is 15.9 Å². The molecule has 0 aromatic heterocycles. The molecule has 1 saturated carbocycles.